The van der Waals surface area contributed by atoms with E-state index < -0.39 is 23.1 Å². The first-order valence-electron chi connectivity index (χ1n) is 10.3. The summed E-state index contributed by atoms with van der Waals surface area (Å²) in [5.74, 6) is -1.05. The van der Waals surface area contributed by atoms with Gasteiger partial charge in [-0.1, -0.05) is 53.0 Å². The molecule has 12 heteroatoms. The van der Waals surface area contributed by atoms with Crippen molar-refractivity contribution in [3.05, 3.63) is 120 Å². The van der Waals surface area contributed by atoms with Crippen LogP contribution in [0.5, 0.6) is 0 Å². The molecule has 36 heavy (non-hydrogen) atoms. The Morgan fingerprint density at radius 1 is 0.944 bits per heavy atom. The summed E-state index contributed by atoms with van der Waals surface area (Å²) < 4.78 is 0.908. The Hall–Kier alpha value is -3.92. The van der Waals surface area contributed by atoms with Gasteiger partial charge >= 0.3 is 5.69 Å². The lowest BCUT2D eigenvalue weighted by Crippen LogP contribution is -2.47. The van der Waals surface area contributed by atoms with Gasteiger partial charge in [-0.15, -0.1) is 0 Å². The molecular formula is C24H16Cl3N5O4. The van der Waals surface area contributed by atoms with Gasteiger partial charge in [0.05, 0.1) is 17.8 Å². The van der Waals surface area contributed by atoms with Gasteiger partial charge in [-0.05, 0) is 54.1 Å². The van der Waals surface area contributed by atoms with E-state index in [2.05, 4.69) is 15.5 Å². The highest BCUT2D eigenvalue weighted by Gasteiger charge is 2.23. The standard InChI is InChI=1S/C24H16Cl3N5O4/c25-15-6-8-16(9-7-15)31(30-23(35)14-4-2-1-3-5-14)22(34)12-18-19(26)10-17(11-20(18)27)32-24(36)29-21(33)13-28-32/h1-11,13H,12H2,(H,30,35)(H,29,33,36). The molecule has 1 aromatic heterocycles. The molecule has 1 heterocycles. The summed E-state index contributed by atoms with van der Waals surface area (Å²) in [5, 5.41) is 5.46. The summed E-state index contributed by atoms with van der Waals surface area (Å²) in [7, 11) is 0. The minimum absolute atomic E-state index is 0.0798. The topological polar surface area (TPSA) is 117 Å². The quantitative estimate of drug-likeness (QED) is 0.371. The number of rotatable bonds is 5. The van der Waals surface area contributed by atoms with Crippen molar-refractivity contribution in [3.8, 4) is 5.69 Å². The van der Waals surface area contributed by atoms with E-state index in [1.165, 1.54) is 12.1 Å². The molecule has 0 bridgehead atoms. The van der Waals surface area contributed by atoms with Crippen molar-refractivity contribution in [2.75, 3.05) is 5.01 Å². The van der Waals surface area contributed by atoms with E-state index in [-0.39, 0.29) is 27.7 Å². The van der Waals surface area contributed by atoms with Crippen molar-refractivity contribution in [3.63, 3.8) is 0 Å². The van der Waals surface area contributed by atoms with E-state index in [4.69, 9.17) is 34.8 Å². The van der Waals surface area contributed by atoms with Gasteiger partial charge in [0.25, 0.3) is 11.5 Å². The highest BCUT2D eigenvalue weighted by Crippen LogP contribution is 2.29. The lowest BCUT2D eigenvalue weighted by molar-refractivity contribution is -0.118. The monoisotopic (exact) mass is 543 g/mol. The Kier molecular flexibility index (Phi) is 7.54. The second-order valence-electron chi connectivity index (χ2n) is 7.43. The normalized spacial score (nSPS) is 10.6. The fraction of sp³-hybridized carbons (Fsp3) is 0.0417. The predicted octanol–water partition coefficient (Wildman–Crippen LogP) is 3.80. The molecule has 0 atom stereocenters. The average Bonchev–Trinajstić information content (AvgIpc) is 2.85. The van der Waals surface area contributed by atoms with Crippen LogP contribution < -0.4 is 21.7 Å². The van der Waals surface area contributed by atoms with Gasteiger partial charge < -0.3 is 0 Å². The van der Waals surface area contributed by atoms with Crippen LogP contribution in [0.3, 0.4) is 0 Å². The summed E-state index contributed by atoms with van der Waals surface area (Å²) in [6.45, 7) is 0. The Morgan fingerprint density at radius 3 is 2.19 bits per heavy atom. The van der Waals surface area contributed by atoms with E-state index in [0.717, 1.165) is 15.9 Å². The molecule has 3 aromatic carbocycles. The summed E-state index contributed by atoms with van der Waals surface area (Å²) in [6.07, 6.45) is 0.643. The van der Waals surface area contributed by atoms with Crippen LogP contribution in [-0.2, 0) is 11.2 Å². The third kappa shape index (κ3) is 5.65. The number of nitrogens with zero attached hydrogens (tertiary/aromatic N) is 3. The highest BCUT2D eigenvalue weighted by atomic mass is 35.5. The van der Waals surface area contributed by atoms with Gasteiger partial charge in [-0.3, -0.25) is 24.8 Å². The van der Waals surface area contributed by atoms with Gasteiger partial charge in [0, 0.05) is 20.6 Å². The van der Waals surface area contributed by atoms with E-state index in [9.17, 15) is 19.2 Å². The van der Waals surface area contributed by atoms with E-state index in [1.807, 2.05) is 0 Å². The molecule has 0 saturated carbocycles. The number of hydrazine groups is 1. The molecule has 0 spiro atoms. The third-order valence-corrected chi connectivity index (χ3v) is 5.92. The van der Waals surface area contributed by atoms with E-state index in [0.29, 0.717) is 16.3 Å². The molecule has 0 fully saturated rings. The number of carbonyl (C=O) groups excluding carboxylic acids is 2. The summed E-state index contributed by atoms with van der Waals surface area (Å²) in [4.78, 5) is 51.6. The zero-order valence-electron chi connectivity index (χ0n) is 18.2. The molecule has 9 nitrogen and oxygen atoms in total. The number of nitrogens with one attached hydrogen (secondary N) is 2. The maximum atomic E-state index is 13.4. The molecular weight excluding hydrogens is 529 g/mol. The summed E-state index contributed by atoms with van der Waals surface area (Å²) in [5.41, 5.74) is 2.33. The first kappa shape index (κ1) is 25.2. The van der Waals surface area contributed by atoms with Crippen molar-refractivity contribution in [1.29, 1.82) is 0 Å². The van der Waals surface area contributed by atoms with E-state index in [1.54, 1.807) is 54.6 Å². The number of anilines is 1. The number of amides is 2. The van der Waals surface area contributed by atoms with Crippen LogP contribution in [0.1, 0.15) is 15.9 Å². The van der Waals surface area contributed by atoms with Crippen molar-refractivity contribution < 1.29 is 9.59 Å². The zero-order chi connectivity index (χ0) is 25.8. The number of aromatic nitrogens is 3. The summed E-state index contributed by atoms with van der Waals surface area (Å²) in [6, 6.07) is 17.5. The Balaban J connectivity index is 1.65. The van der Waals surface area contributed by atoms with Crippen LogP contribution in [0.2, 0.25) is 15.1 Å². The molecule has 0 aliphatic rings. The van der Waals surface area contributed by atoms with Crippen LogP contribution in [0.15, 0.2) is 82.5 Å². The molecule has 0 aliphatic carbocycles. The molecule has 0 radical (unpaired) electrons. The van der Waals surface area contributed by atoms with Gasteiger partial charge in [-0.2, -0.15) is 9.78 Å². The highest BCUT2D eigenvalue weighted by molar-refractivity contribution is 6.36. The predicted molar refractivity (Wildman–Crippen MR) is 137 cm³/mol. The molecule has 4 aromatic rings. The molecule has 2 N–H and O–H groups in total. The molecule has 4 rings (SSSR count). The molecule has 2 amide bonds. The lowest BCUT2D eigenvalue weighted by Gasteiger charge is -2.24. The minimum atomic E-state index is -0.781. The van der Waals surface area contributed by atoms with Crippen molar-refractivity contribution in [1.82, 2.24) is 20.2 Å². The number of halogens is 3. The number of H-pyrrole nitrogens is 1. The SMILES string of the molecule is O=C(NN(C(=O)Cc1c(Cl)cc(-n2ncc(=O)[nH]c2=O)cc1Cl)c1ccc(Cl)cc1)c1ccccc1. The van der Waals surface area contributed by atoms with Gasteiger partial charge in [0.1, 0.15) is 6.20 Å². The lowest BCUT2D eigenvalue weighted by atomic mass is 10.1. The zero-order valence-corrected chi connectivity index (χ0v) is 20.5. The Labute approximate surface area is 218 Å². The molecule has 182 valence electrons. The fourth-order valence-corrected chi connectivity index (χ4v) is 4.00. The minimum Gasteiger partial charge on any atom is -0.272 e. The number of hydrogen-bond donors (Lipinski definition) is 2. The first-order chi connectivity index (χ1) is 17.2. The molecule has 0 aliphatic heterocycles. The molecule has 0 unspecified atom stereocenters. The Bertz CT molecular complexity index is 1530. The summed E-state index contributed by atoms with van der Waals surface area (Å²) >= 11 is 18.8. The largest absolute Gasteiger partial charge is 0.349 e. The number of hydrogen-bond acceptors (Lipinski definition) is 5. The second kappa shape index (κ2) is 10.8. The van der Waals surface area contributed by atoms with Crippen LogP contribution in [0.4, 0.5) is 5.69 Å². The second-order valence-corrected chi connectivity index (χ2v) is 8.68. The van der Waals surface area contributed by atoms with E-state index >= 15 is 0 Å². The number of benzene rings is 3. The number of carbonyl (C=O) groups is 2. The molecule has 0 saturated heterocycles. The van der Waals surface area contributed by atoms with Gasteiger partial charge in [0.15, 0.2) is 0 Å². The van der Waals surface area contributed by atoms with Crippen LogP contribution in [0, 0.1) is 0 Å². The van der Waals surface area contributed by atoms with Crippen LogP contribution >= 0.6 is 34.8 Å². The number of aromatic amines is 1. The van der Waals surface area contributed by atoms with Crippen LogP contribution in [-0.4, -0.2) is 26.6 Å². The van der Waals surface area contributed by atoms with Crippen molar-refractivity contribution in [2.24, 2.45) is 0 Å². The maximum Gasteiger partial charge on any atom is 0.349 e. The van der Waals surface area contributed by atoms with Crippen molar-refractivity contribution in [2.45, 2.75) is 6.42 Å². The average molecular weight is 545 g/mol. The van der Waals surface area contributed by atoms with Gasteiger partial charge in [-0.25, -0.2) is 9.80 Å². The third-order valence-electron chi connectivity index (χ3n) is 4.99. The maximum absolute atomic E-state index is 13.4. The fourth-order valence-electron chi connectivity index (χ4n) is 3.26. The Morgan fingerprint density at radius 2 is 1.58 bits per heavy atom. The van der Waals surface area contributed by atoms with Gasteiger partial charge in [0.2, 0.25) is 5.91 Å². The van der Waals surface area contributed by atoms with Crippen molar-refractivity contribution >= 4 is 52.3 Å². The smallest absolute Gasteiger partial charge is 0.272 e. The first-order valence-corrected chi connectivity index (χ1v) is 11.5. The van der Waals surface area contributed by atoms with Crippen LogP contribution in [0.25, 0.3) is 5.69 Å².